The normalized spacial score (nSPS) is 19.0. The maximum atomic E-state index is 13.3. The summed E-state index contributed by atoms with van der Waals surface area (Å²) in [7, 11) is 0. The second-order valence-corrected chi connectivity index (χ2v) is 9.68. The van der Waals surface area contributed by atoms with E-state index in [1.54, 1.807) is 10.6 Å². The number of alkyl halides is 2. The van der Waals surface area contributed by atoms with Crippen LogP contribution in [0.5, 0.6) is 0 Å². The van der Waals surface area contributed by atoms with Crippen LogP contribution in [0.15, 0.2) is 36.7 Å². The summed E-state index contributed by atoms with van der Waals surface area (Å²) < 4.78 is 28.3. The van der Waals surface area contributed by atoms with Gasteiger partial charge in [-0.05, 0) is 42.4 Å². The maximum Gasteiger partial charge on any atom is 0.270 e. The van der Waals surface area contributed by atoms with Crippen LogP contribution in [0.3, 0.4) is 0 Å². The number of benzene rings is 1. The molecule has 1 spiro atoms. The van der Waals surface area contributed by atoms with Gasteiger partial charge in [-0.2, -0.15) is 0 Å². The van der Waals surface area contributed by atoms with Gasteiger partial charge in [-0.1, -0.05) is 30.7 Å². The molecular formula is C24H26ClF2N5O. The minimum atomic E-state index is -2.46. The van der Waals surface area contributed by atoms with Gasteiger partial charge in [0.15, 0.2) is 0 Å². The summed E-state index contributed by atoms with van der Waals surface area (Å²) in [6.07, 6.45) is 5.48. The summed E-state index contributed by atoms with van der Waals surface area (Å²) in [5.41, 5.74) is 3.02. The second-order valence-electron chi connectivity index (χ2n) is 9.25. The zero-order valence-corrected chi connectivity index (χ0v) is 19.2. The Balaban J connectivity index is 1.21. The molecule has 1 N–H and O–H groups in total. The van der Waals surface area contributed by atoms with Crippen molar-refractivity contribution in [3.63, 3.8) is 0 Å². The van der Waals surface area contributed by atoms with E-state index in [1.165, 1.54) is 6.20 Å². The fraction of sp³-hybridized carbons (Fsp3) is 0.458. The highest BCUT2D eigenvalue weighted by atomic mass is 35.5. The largest absolute Gasteiger partial charge is 0.371 e. The fourth-order valence-corrected chi connectivity index (χ4v) is 5.32. The van der Waals surface area contributed by atoms with Crippen LogP contribution in [-0.2, 0) is 13.0 Å². The van der Waals surface area contributed by atoms with Crippen LogP contribution in [0.4, 0.5) is 14.5 Å². The number of amides is 1. The summed E-state index contributed by atoms with van der Waals surface area (Å²) in [5, 5.41) is 3.40. The Kier molecular flexibility index (Phi) is 5.51. The molecule has 1 amide bonds. The molecule has 0 radical (unpaired) electrons. The highest BCUT2D eigenvalue weighted by Crippen LogP contribution is 2.57. The van der Waals surface area contributed by atoms with E-state index in [9.17, 15) is 13.6 Å². The lowest BCUT2D eigenvalue weighted by atomic mass is 9.61. The molecule has 3 heterocycles. The SMILES string of the molecule is CCc1nc2ncc(Cl)cn2c1C(=O)NCc1ccc(N2CCC3(CC2)CC(F)(F)C3)cc1. The third kappa shape index (κ3) is 4.28. The van der Waals surface area contributed by atoms with Gasteiger partial charge in [0.05, 0.1) is 16.9 Å². The Morgan fingerprint density at radius 3 is 2.52 bits per heavy atom. The summed E-state index contributed by atoms with van der Waals surface area (Å²) in [4.78, 5) is 23.8. The van der Waals surface area contributed by atoms with Crippen molar-refractivity contribution in [1.29, 1.82) is 0 Å². The van der Waals surface area contributed by atoms with Crippen LogP contribution in [0.25, 0.3) is 5.78 Å². The minimum Gasteiger partial charge on any atom is -0.371 e. The van der Waals surface area contributed by atoms with E-state index in [2.05, 4.69) is 20.2 Å². The topological polar surface area (TPSA) is 62.5 Å². The van der Waals surface area contributed by atoms with Crippen LogP contribution in [0, 0.1) is 5.41 Å². The number of imidazole rings is 1. The minimum absolute atomic E-state index is 0.0426. The Morgan fingerprint density at radius 2 is 1.88 bits per heavy atom. The number of anilines is 1. The number of carbonyl (C=O) groups is 1. The van der Waals surface area contributed by atoms with Crippen LogP contribution >= 0.6 is 11.6 Å². The van der Waals surface area contributed by atoms with E-state index in [1.807, 2.05) is 31.2 Å². The van der Waals surface area contributed by atoms with E-state index in [0.717, 1.165) is 37.2 Å². The van der Waals surface area contributed by atoms with Crippen molar-refractivity contribution in [1.82, 2.24) is 19.7 Å². The van der Waals surface area contributed by atoms with Crippen molar-refractivity contribution in [3.05, 3.63) is 58.6 Å². The molecule has 9 heteroatoms. The predicted molar refractivity (Wildman–Crippen MR) is 123 cm³/mol. The number of fused-ring (bicyclic) bond motifs is 1. The van der Waals surface area contributed by atoms with Crippen LogP contribution in [0.1, 0.15) is 54.4 Å². The van der Waals surface area contributed by atoms with Gasteiger partial charge in [0.2, 0.25) is 11.7 Å². The first kappa shape index (κ1) is 22.1. The lowest BCUT2D eigenvalue weighted by Gasteiger charge is -2.52. The first-order valence-corrected chi connectivity index (χ1v) is 11.7. The number of nitrogens with one attached hydrogen (secondary N) is 1. The lowest BCUT2D eigenvalue weighted by molar-refractivity contribution is -0.168. The maximum absolute atomic E-state index is 13.3. The van der Waals surface area contributed by atoms with Gasteiger partial charge in [-0.15, -0.1) is 0 Å². The average Bonchev–Trinajstić information content (AvgIpc) is 3.15. The summed E-state index contributed by atoms with van der Waals surface area (Å²) >= 11 is 6.06. The molecule has 1 aliphatic heterocycles. The van der Waals surface area contributed by atoms with Crippen molar-refractivity contribution in [2.45, 2.75) is 51.5 Å². The molecule has 1 aliphatic carbocycles. The molecule has 33 heavy (non-hydrogen) atoms. The summed E-state index contributed by atoms with van der Waals surface area (Å²) in [5.74, 6) is -2.25. The van der Waals surface area contributed by atoms with Gasteiger partial charge in [0, 0.05) is 44.4 Å². The number of halogens is 3. The molecule has 0 unspecified atom stereocenters. The zero-order chi connectivity index (χ0) is 23.2. The molecule has 2 aromatic heterocycles. The highest BCUT2D eigenvalue weighted by molar-refractivity contribution is 6.30. The molecular weight excluding hydrogens is 448 g/mol. The smallest absolute Gasteiger partial charge is 0.270 e. The molecule has 3 aromatic rings. The molecule has 1 aromatic carbocycles. The first-order chi connectivity index (χ1) is 15.8. The van der Waals surface area contributed by atoms with Crippen molar-refractivity contribution < 1.29 is 13.6 Å². The lowest BCUT2D eigenvalue weighted by Crippen LogP contribution is -2.52. The Morgan fingerprint density at radius 1 is 1.18 bits per heavy atom. The number of aryl methyl sites for hydroxylation is 1. The van der Waals surface area contributed by atoms with Crippen molar-refractivity contribution in [2.75, 3.05) is 18.0 Å². The molecule has 6 nitrogen and oxygen atoms in total. The van der Waals surface area contributed by atoms with Gasteiger partial charge < -0.3 is 10.2 Å². The first-order valence-electron chi connectivity index (χ1n) is 11.3. The third-order valence-electron chi connectivity index (χ3n) is 6.92. The van der Waals surface area contributed by atoms with Crippen molar-refractivity contribution in [3.8, 4) is 0 Å². The van der Waals surface area contributed by atoms with Gasteiger partial charge in [0.25, 0.3) is 5.91 Å². The van der Waals surface area contributed by atoms with Gasteiger partial charge in [0.1, 0.15) is 5.69 Å². The highest BCUT2D eigenvalue weighted by Gasteiger charge is 2.56. The number of hydrogen-bond acceptors (Lipinski definition) is 4. The monoisotopic (exact) mass is 473 g/mol. The molecule has 5 rings (SSSR count). The number of aromatic nitrogens is 3. The van der Waals surface area contributed by atoms with E-state index in [-0.39, 0.29) is 24.2 Å². The molecule has 1 saturated carbocycles. The van der Waals surface area contributed by atoms with Crippen LogP contribution in [-0.4, -0.2) is 39.3 Å². The van der Waals surface area contributed by atoms with Crippen LogP contribution < -0.4 is 10.2 Å². The quantitative estimate of drug-likeness (QED) is 0.573. The van der Waals surface area contributed by atoms with Crippen molar-refractivity contribution in [2.24, 2.45) is 5.41 Å². The zero-order valence-electron chi connectivity index (χ0n) is 18.5. The Hall–Kier alpha value is -2.74. The van der Waals surface area contributed by atoms with Crippen LogP contribution in [0.2, 0.25) is 5.02 Å². The summed E-state index contributed by atoms with van der Waals surface area (Å²) in [6.45, 7) is 3.92. The van der Waals surface area contributed by atoms with E-state index >= 15 is 0 Å². The number of hydrogen-bond donors (Lipinski definition) is 1. The molecule has 2 aliphatic rings. The summed E-state index contributed by atoms with van der Waals surface area (Å²) in [6, 6.07) is 8.05. The Labute approximate surface area is 196 Å². The third-order valence-corrected chi connectivity index (χ3v) is 7.11. The molecule has 0 bridgehead atoms. The molecule has 0 atom stereocenters. The second kappa shape index (κ2) is 8.24. The Bertz CT molecular complexity index is 1180. The fourth-order valence-electron chi connectivity index (χ4n) is 5.17. The molecule has 174 valence electrons. The van der Waals surface area contributed by atoms with Crippen molar-refractivity contribution >= 4 is 29.0 Å². The molecule has 2 fully saturated rings. The standard InChI is InChI=1S/C24H26ClF2N5O/c1-2-19-20(32-13-17(25)12-29-22(32)30-19)21(33)28-11-16-3-5-18(6-4-16)31-9-7-23(8-10-31)14-24(26,27)15-23/h3-6,12-13H,2,7-11,14-15H2,1H3,(H,28,33). The number of nitrogens with zero attached hydrogens (tertiary/aromatic N) is 4. The number of piperidine rings is 1. The number of rotatable bonds is 5. The number of carbonyl (C=O) groups excluding carboxylic acids is 1. The van der Waals surface area contributed by atoms with E-state index in [0.29, 0.717) is 35.2 Å². The van der Waals surface area contributed by atoms with Gasteiger partial charge in [-0.3, -0.25) is 9.20 Å². The average molecular weight is 474 g/mol. The van der Waals surface area contributed by atoms with E-state index < -0.39 is 5.92 Å². The predicted octanol–water partition coefficient (Wildman–Crippen LogP) is 4.89. The van der Waals surface area contributed by atoms with Gasteiger partial charge >= 0.3 is 0 Å². The van der Waals surface area contributed by atoms with Gasteiger partial charge in [-0.25, -0.2) is 18.7 Å². The molecule has 1 saturated heterocycles. The van der Waals surface area contributed by atoms with E-state index in [4.69, 9.17) is 11.6 Å².